The van der Waals surface area contributed by atoms with E-state index in [9.17, 15) is 0 Å². The van der Waals surface area contributed by atoms with Crippen molar-refractivity contribution in [3.63, 3.8) is 0 Å². The summed E-state index contributed by atoms with van der Waals surface area (Å²) in [6.45, 7) is 8.30. The quantitative estimate of drug-likeness (QED) is 0.817. The van der Waals surface area contributed by atoms with Crippen LogP contribution in [0.25, 0.3) is 0 Å². The number of anilines is 2. The normalized spacial score (nSPS) is 16.4. The third-order valence-electron chi connectivity index (χ3n) is 3.51. The first-order valence-corrected chi connectivity index (χ1v) is 7.04. The maximum absolute atomic E-state index is 4.66. The standard InChI is InChI=1S/C13H23N5/c1-3-17(4-2)12-11-14-16-13(15-12)18-9-7-5-6-8-10-18/h11H,3-10H2,1-2H3. The molecule has 0 spiro atoms. The fraction of sp³-hybridized carbons (Fsp3) is 0.769. The van der Waals surface area contributed by atoms with E-state index in [2.05, 4.69) is 38.8 Å². The van der Waals surface area contributed by atoms with Crippen molar-refractivity contribution in [2.45, 2.75) is 39.5 Å². The third kappa shape index (κ3) is 3.09. The lowest BCUT2D eigenvalue weighted by Gasteiger charge is -2.23. The Balaban J connectivity index is 2.14. The fourth-order valence-electron chi connectivity index (χ4n) is 2.39. The second-order valence-corrected chi connectivity index (χ2v) is 4.69. The van der Waals surface area contributed by atoms with E-state index in [1.165, 1.54) is 25.7 Å². The highest BCUT2D eigenvalue weighted by atomic mass is 15.3. The molecule has 18 heavy (non-hydrogen) atoms. The summed E-state index contributed by atoms with van der Waals surface area (Å²) in [5.41, 5.74) is 0. The Morgan fingerprint density at radius 2 is 1.78 bits per heavy atom. The van der Waals surface area contributed by atoms with Gasteiger partial charge >= 0.3 is 0 Å². The average molecular weight is 249 g/mol. The number of nitrogens with zero attached hydrogens (tertiary/aromatic N) is 5. The molecule has 1 saturated heterocycles. The second kappa shape index (κ2) is 6.52. The Kier molecular flexibility index (Phi) is 4.73. The third-order valence-corrected chi connectivity index (χ3v) is 3.51. The summed E-state index contributed by atoms with van der Waals surface area (Å²) in [6, 6.07) is 0. The van der Waals surface area contributed by atoms with Gasteiger partial charge in [0.05, 0.1) is 6.20 Å². The van der Waals surface area contributed by atoms with Gasteiger partial charge in [0.25, 0.3) is 0 Å². The van der Waals surface area contributed by atoms with Gasteiger partial charge in [0.2, 0.25) is 5.95 Å². The summed E-state index contributed by atoms with van der Waals surface area (Å²) in [4.78, 5) is 9.13. The van der Waals surface area contributed by atoms with Crippen molar-refractivity contribution in [1.82, 2.24) is 15.2 Å². The lowest BCUT2D eigenvalue weighted by molar-refractivity contribution is 0.726. The van der Waals surface area contributed by atoms with Crippen LogP contribution in [-0.2, 0) is 0 Å². The maximum Gasteiger partial charge on any atom is 0.247 e. The van der Waals surface area contributed by atoms with Crippen molar-refractivity contribution in [2.75, 3.05) is 36.0 Å². The molecule has 100 valence electrons. The van der Waals surface area contributed by atoms with Gasteiger partial charge in [-0.2, -0.15) is 10.1 Å². The zero-order valence-electron chi connectivity index (χ0n) is 11.5. The van der Waals surface area contributed by atoms with Crippen LogP contribution in [0.1, 0.15) is 39.5 Å². The predicted octanol–water partition coefficient (Wildman–Crippen LogP) is 2.10. The van der Waals surface area contributed by atoms with Gasteiger partial charge in [-0.15, -0.1) is 5.10 Å². The topological polar surface area (TPSA) is 45.2 Å². The van der Waals surface area contributed by atoms with Gasteiger partial charge in [-0.3, -0.25) is 0 Å². The van der Waals surface area contributed by atoms with E-state index < -0.39 is 0 Å². The van der Waals surface area contributed by atoms with Gasteiger partial charge in [0.15, 0.2) is 5.82 Å². The molecule has 1 fully saturated rings. The summed E-state index contributed by atoms with van der Waals surface area (Å²) in [7, 11) is 0. The molecular weight excluding hydrogens is 226 g/mol. The summed E-state index contributed by atoms with van der Waals surface area (Å²) in [5.74, 6) is 1.73. The van der Waals surface area contributed by atoms with Crippen molar-refractivity contribution in [1.29, 1.82) is 0 Å². The molecule has 0 N–H and O–H groups in total. The molecule has 2 rings (SSSR count). The molecule has 2 heterocycles. The Hall–Kier alpha value is -1.39. The van der Waals surface area contributed by atoms with E-state index in [0.717, 1.165) is 37.9 Å². The van der Waals surface area contributed by atoms with Gasteiger partial charge in [-0.25, -0.2) is 0 Å². The molecule has 5 nitrogen and oxygen atoms in total. The zero-order valence-corrected chi connectivity index (χ0v) is 11.5. The first kappa shape index (κ1) is 13.1. The molecular formula is C13H23N5. The first-order chi connectivity index (χ1) is 8.85. The van der Waals surface area contributed by atoms with Crippen LogP contribution in [0.15, 0.2) is 6.20 Å². The van der Waals surface area contributed by atoms with Crippen molar-refractivity contribution >= 4 is 11.8 Å². The van der Waals surface area contributed by atoms with Crippen LogP contribution in [0, 0.1) is 0 Å². The lowest BCUT2D eigenvalue weighted by Crippen LogP contribution is -2.28. The van der Waals surface area contributed by atoms with Crippen molar-refractivity contribution in [3.8, 4) is 0 Å². The highest BCUT2D eigenvalue weighted by Crippen LogP contribution is 2.17. The van der Waals surface area contributed by atoms with Crippen LogP contribution in [0.3, 0.4) is 0 Å². The number of hydrogen-bond donors (Lipinski definition) is 0. The van der Waals surface area contributed by atoms with E-state index in [4.69, 9.17) is 0 Å². The lowest BCUT2D eigenvalue weighted by atomic mass is 10.2. The zero-order chi connectivity index (χ0) is 12.8. The van der Waals surface area contributed by atoms with E-state index in [-0.39, 0.29) is 0 Å². The van der Waals surface area contributed by atoms with Gasteiger partial charge < -0.3 is 9.80 Å². The minimum Gasteiger partial charge on any atom is -0.356 e. The Morgan fingerprint density at radius 1 is 1.11 bits per heavy atom. The van der Waals surface area contributed by atoms with E-state index in [0.29, 0.717) is 0 Å². The molecule has 5 heteroatoms. The first-order valence-electron chi connectivity index (χ1n) is 7.04. The molecule has 1 aromatic heterocycles. The summed E-state index contributed by atoms with van der Waals surface area (Å²) in [5, 5.41) is 8.31. The van der Waals surface area contributed by atoms with Gasteiger partial charge in [0.1, 0.15) is 0 Å². The van der Waals surface area contributed by atoms with Crippen molar-refractivity contribution in [2.24, 2.45) is 0 Å². The highest BCUT2D eigenvalue weighted by Gasteiger charge is 2.14. The Morgan fingerprint density at radius 3 is 2.39 bits per heavy atom. The fourth-order valence-corrected chi connectivity index (χ4v) is 2.39. The molecule has 0 aliphatic carbocycles. The SMILES string of the molecule is CCN(CC)c1cnnc(N2CCCCCC2)n1. The van der Waals surface area contributed by atoms with E-state index >= 15 is 0 Å². The second-order valence-electron chi connectivity index (χ2n) is 4.69. The van der Waals surface area contributed by atoms with Crippen LogP contribution >= 0.6 is 0 Å². The van der Waals surface area contributed by atoms with Gasteiger partial charge in [-0.05, 0) is 26.7 Å². The van der Waals surface area contributed by atoms with E-state index in [1.807, 2.05) is 0 Å². The van der Waals surface area contributed by atoms with E-state index in [1.54, 1.807) is 6.20 Å². The largest absolute Gasteiger partial charge is 0.356 e. The minimum atomic E-state index is 0.793. The molecule has 0 bridgehead atoms. The molecule has 0 atom stereocenters. The Labute approximate surface area is 109 Å². The van der Waals surface area contributed by atoms with Gasteiger partial charge in [0, 0.05) is 26.2 Å². The average Bonchev–Trinajstić information content (AvgIpc) is 2.69. The molecule has 0 radical (unpaired) electrons. The minimum absolute atomic E-state index is 0.793. The van der Waals surface area contributed by atoms with Crippen LogP contribution < -0.4 is 9.80 Å². The monoisotopic (exact) mass is 249 g/mol. The van der Waals surface area contributed by atoms with Crippen LogP contribution in [-0.4, -0.2) is 41.4 Å². The molecule has 1 aliphatic rings. The number of aromatic nitrogens is 3. The van der Waals surface area contributed by atoms with Gasteiger partial charge in [-0.1, -0.05) is 12.8 Å². The maximum atomic E-state index is 4.66. The Bertz CT molecular complexity index is 356. The smallest absolute Gasteiger partial charge is 0.247 e. The summed E-state index contributed by atoms with van der Waals surface area (Å²) in [6.07, 6.45) is 6.87. The molecule has 0 saturated carbocycles. The molecule has 0 aromatic carbocycles. The van der Waals surface area contributed by atoms with Crippen LogP contribution in [0.2, 0.25) is 0 Å². The van der Waals surface area contributed by atoms with Crippen LogP contribution in [0.5, 0.6) is 0 Å². The predicted molar refractivity (Wildman–Crippen MR) is 74.1 cm³/mol. The highest BCUT2D eigenvalue weighted by molar-refractivity contribution is 5.41. The van der Waals surface area contributed by atoms with Crippen molar-refractivity contribution in [3.05, 3.63) is 6.20 Å². The number of hydrogen-bond acceptors (Lipinski definition) is 5. The molecule has 0 amide bonds. The number of rotatable bonds is 4. The summed E-state index contributed by atoms with van der Waals surface area (Å²) >= 11 is 0. The molecule has 1 aliphatic heterocycles. The van der Waals surface area contributed by atoms with Crippen molar-refractivity contribution < 1.29 is 0 Å². The molecule has 0 unspecified atom stereocenters. The van der Waals surface area contributed by atoms with Crippen LogP contribution in [0.4, 0.5) is 11.8 Å². The molecule has 1 aromatic rings. The summed E-state index contributed by atoms with van der Waals surface area (Å²) < 4.78 is 0.